The van der Waals surface area contributed by atoms with E-state index in [9.17, 15) is 9.18 Å². The Kier molecular flexibility index (Phi) is 8.33. The van der Waals surface area contributed by atoms with Gasteiger partial charge in [-0.25, -0.2) is 9.18 Å². The predicted molar refractivity (Wildman–Crippen MR) is 105 cm³/mol. The van der Waals surface area contributed by atoms with Gasteiger partial charge in [0.25, 0.3) is 0 Å². The minimum absolute atomic E-state index is 0.405. The Bertz CT molecular complexity index is 802. The third-order valence-electron chi connectivity index (χ3n) is 3.84. The lowest BCUT2D eigenvalue weighted by Gasteiger charge is -2.12. The molecule has 1 rings (SSSR count). The smallest absolute Gasteiger partial charge is 0.330 e. The molecule has 5 heteroatoms. The van der Waals surface area contributed by atoms with Gasteiger partial charge in [-0.3, -0.25) is 0 Å². The first kappa shape index (κ1) is 21.7. The molecule has 0 bridgehead atoms. The van der Waals surface area contributed by atoms with Crippen LogP contribution in [0, 0.1) is 13.8 Å². The molecule has 0 saturated heterocycles. The molecule has 0 N–H and O–H groups in total. The maximum atomic E-state index is 14.2. The van der Waals surface area contributed by atoms with Crippen LogP contribution in [-0.2, 0) is 9.53 Å². The Morgan fingerprint density at radius 1 is 1.15 bits per heavy atom. The average molecular weight is 379 g/mol. The maximum Gasteiger partial charge on any atom is 0.330 e. The number of esters is 1. The van der Waals surface area contributed by atoms with Crippen LogP contribution in [0.15, 0.2) is 47.3 Å². The fourth-order valence-electron chi connectivity index (χ4n) is 2.20. The van der Waals surface area contributed by atoms with E-state index in [0.717, 1.165) is 22.4 Å². The fraction of sp³-hybridized carbons (Fsp3) is 0.286. The number of hydrogen-bond donors (Lipinski definition) is 0. The monoisotopic (exact) mass is 378 g/mol. The molecule has 0 aliphatic carbocycles. The number of carbonyl (C=O) groups is 1. The molecule has 0 atom stereocenters. The zero-order valence-electron chi connectivity index (χ0n) is 15.9. The summed E-state index contributed by atoms with van der Waals surface area (Å²) in [6.07, 6.45) is 7.56. The summed E-state index contributed by atoms with van der Waals surface area (Å²) in [6.45, 7) is 7.15. The van der Waals surface area contributed by atoms with Gasteiger partial charge in [-0.05, 0) is 62.1 Å². The molecular weight excluding hydrogens is 355 g/mol. The normalized spacial score (nSPS) is 13.3. The molecule has 0 heterocycles. The van der Waals surface area contributed by atoms with Gasteiger partial charge >= 0.3 is 5.97 Å². The van der Waals surface area contributed by atoms with E-state index in [1.165, 1.54) is 25.3 Å². The summed E-state index contributed by atoms with van der Waals surface area (Å²) < 4.78 is 24.0. The lowest BCUT2D eigenvalue weighted by molar-refractivity contribution is -0.134. The third kappa shape index (κ3) is 5.88. The minimum Gasteiger partial charge on any atom is -0.496 e. The lowest BCUT2D eigenvalue weighted by atomic mass is 10.0. The second-order valence-electron chi connectivity index (χ2n) is 5.86. The largest absolute Gasteiger partial charge is 0.496 e. The van der Waals surface area contributed by atoms with Gasteiger partial charge in [0.05, 0.1) is 19.2 Å². The molecule has 140 valence electrons. The van der Waals surface area contributed by atoms with Crippen LogP contribution in [0.25, 0.3) is 6.08 Å². The van der Waals surface area contributed by atoms with Crippen LogP contribution < -0.4 is 4.74 Å². The lowest BCUT2D eigenvalue weighted by Crippen LogP contribution is -1.94. The zero-order valence-corrected chi connectivity index (χ0v) is 16.7. The van der Waals surface area contributed by atoms with Crippen LogP contribution in [0.1, 0.15) is 30.5 Å². The number of benzene rings is 1. The quantitative estimate of drug-likeness (QED) is 0.351. The SMILES string of the molecule is COC(=O)/C=C(C)/C=C/C(F)=C(C)/C=C/c1c(C)cc(OC)c(C)c1Cl. The molecule has 0 aromatic heterocycles. The van der Waals surface area contributed by atoms with Crippen LogP contribution in [-0.4, -0.2) is 20.2 Å². The first-order valence-corrected chi connectivity index (χ1v) is 8.41. The first-order valence-electron chi connectivity index (χ1n) is 8.03. The van der Waals surface area contributed by atoms with Crippen molar-refractivity contribution in [3.05, 3.63) is 69.1 Å². The second-order valence-corrected chi connectivity index (χ2v) is 6.24. The van der Waals surface area contributed by atoms with E-state index >= 15 is 0 Å². The topological polar surface area (TPSA) is 35.5 Å². The van der Waals surface area contributed by atoms with Gasteiger partial charge in [0.15, 0.2) is 0 Å². The molecule has 0 unspecified atom stereocenters. The highest BCUT2D eigenvalue weighted by molar-refractivity contribution is 6.33. The van der Waals surface area contributed by atoms with E-state index in [1.807, 2.05) is 19.9 Å². The second kappa shape index (κ2) is 9.97. The molecule has 0 saturated carbocycles. The van der Waals surface area contributed by atoms with Crippen molar-refractivity contribution in [3.8, 4) is 5.75 Å². The Morgan fingerprint density at radius 3 is 2.38 bits per heavy atom. The number of halogens is 2. The summed E-state index contributed by atoms with van der Waals surface area (Å²) in [5, 5.41) is 0.582. The predicted octanol–water partition coefficient (Wildman–Crippen LogP) is 5.90. The van der Waals surface area contributed by atoms with Crippen molar-refractivity contribution in [1.82, 2.24) is 0 Å². The molecule has 1 aromatic rings. The number of ether oxygens (including phenoxy) is 2. The van der Waals surface area contributed by atoms with Crippen molar-refractivity contribution in [2.75, 3.05) is 14.2 Å². The van der Waals surface area contributed by atoms with Gasteiger partial charge < -0.3 is 9.47 Å². The fourth-order valence-corrected chi connectivity index (χ4v) is 2.50. The van der Waals surface area contributed by atoms with Crippen LogP contribution in [0.5, 0.6) is 5.75 Å². The van der Waals surface area contributed by atoms with Gasteiger partial charge in [-0.15, -0.1) is 0 Å². The Balaban J connectivity index is 3.07. The molecule has 3 nitrogen and oxygen atoms in total. The van der Waals surface area contributed by atoms with E-state index in [-0.39, 0.29) is 0 Å². The summed E-state index contributed by atoms with van der Waals surface area (Å²) in [5.74, 6) is -0.162. The van der Waals surface area contributed by atoms with Gasteiger partial charge in [-0.2, -0.15) is 0 Å². The highest BCUT2D eigenvalue weighted by atomic mass is 35.5. The van der Waals surface area contributed by atoms with Crippen molar-refractivity contribution in [1.29, 1.82) is 0 Å². The highest BCUT2D eigenvalue weighted by Gasteiger charge is 2.10. The van der Waals surface area contributed by atoms with Gasteiger partial charge in [0, 0.05) is 11.6 Å². The summed E-state index contributed by atoms with van der Waals surface area (Å²) >= 11 is 6.40. The molecule has 26 heavy (non-hydrogen) atoms. The summed E-state index contributed by atoms with van der Waals surface area (Å²) in [6, 6.07) is 1.90. The van der Waals surface area contributed by atoms with Crippen LogP contribution in [0.2, 0.25) is 5.02 Å². The molecule has 0 radical (unpaired) electrons. The van der Waals surface area contributed by atoms with Crippen LogP contribution in [0.4, 0.5) is 4.39 Å². The third-order valence-corrected chi connectivity index (χ3v) is 4.33. The molecule has 0 spiro atoms. The minimum atomic E-state index is -0.479. The van der Waals surface area contributed by atoms with E-state index in [2.05, 4.69) is 4.74 Å². The van der Waals surface area contributed by atoms with Crippen molar-refractivity contribution in [2.24, 2.45) is 0 Å². The Morgan fingerprint density at radius 2 is 1.81 bits per heavy atom. The molecule has 0 aliphatic heterocycles. The van der Waals surface area contributed by atoms with Crippen molar-refractivity contribution >= 4 is 23.6 Å². The standard InChI is InChI=1S/C21H24ClFO3/c1-13(11-20(24)26-6)7-10-18(23)14(2)8-9-17-15(3)12-19(25-5)16(4)21(17)22/h7-12H,1-6H3/b9-8+,10-7+,13-11+,18-14-. The highest BCUT2D eigenvalue weighted by Crippen LogP contribution is 2.33. The van der Waals surface area contributed by atoms with Crippen molar-refractivity contribution in [2.45, 2.75) is 27.7 Å². The van der Waals surface area contributed by atoms with E-state index in [1.54, 1.807) is 33.1 Å². The van der Waals surface area contributed by atoms with Gasteiger partial charge in [0.2, 0.25) is 0 Å². The summed E-state index contributed by atoms with van der Waals surface area (Å²) in [5.41, 5.74) is 3.63. The number of methoxy groups -OCH3 is 2. The molecular formula is C21H24ClFO3. The van der Waals surface area contributed by atoms with Crippen molar-refractivity contribution < 1.29 is 18.7 Å². The zero-order chi connectivity index (χ0) is 19.9. The summed E-state index contributed by atoms with van der Waals surface area (Å²) in [4.78, 5) is 11.1. The Hall–Kier alpha value is -2.33. The van der Waals surface area contributed by atoms with E-state index in [0.29, 0.717) is 16.2 Å². The number of rotatable bonds is 6. The van der Waals surface area contributed by atoms with Gasteiger partial charge in [-0.1, -0.05) is 29.8 Å². The maximum absolute atomic E-state index is 14.2. The van der Waals surface area contributed by atoms with Crippen LogP contribution in [0.3, 0.4) is 0 Å². The molecule has 0 aliphatic rings. The van der Waals surface area contributed by atoms with Gasteiger partial charge in [0.1, 0.15) is 11.6 Å². The van der Waals surface area contributed by atoms with Crippen LogP contribution >= 0.6 is 11.6 Å². The Labute approximate surface area is 159 Å². The van der Waals surface area contributed by atoms with E-state index < -0.39 is 11.8 Å². The summed E-state index contributed by atoms with van der Waals surface area (Å²) in [7, 11) is 2.89. The number of carbonyl (C=O) groups excluding carboxylic acids is 1. The molecule has 0 fully saturated rings. The molecule has 0 amide bonds. The number of hydrogen-bond acceptors (Lipinski definition) is 3. The average Bonchev–Trinajstić information content (AvgIpc) is 2.61. The number of allylic oxidation sites excluding steroid dienone is 6. The molecule has 1 aromatic carbocycles. The van der Waals surface area contributed by atoms with Crippen molar-refractivity contribution in [3.63, 3.8) is 0 Å². The van der Waals surface area contributed by atoms with E-state index in [4.69, 9.17) is 16.3 Å². The first-order chi connectivity index (χ1) is 12.2. The number of aryl methyl sites for hydroxylation is 1.